The number of hydrogen-bond donors (Lipinski definition) is 2. The number of fused-ring (bicyclic) bond motifs is 1. The predicted molar refractivity (Wildman–Crippen MR) is 136 cm³/mol. The lowest BCUT2D eigenvalue weighted by molar-refractivity contribution is -0.113. The molecule has 0 unspecified atom stereocenters. The minimum absolute atomic E-state index is 0.0481. The Bertz CT molecular complexity index is 1440. The maximum atomic E-state index is 14.6. The summed E-state index contributed by atoms with van der Waals surface area (Å²) in [5.41, 5.74) is 2.55. The smallest absolute Gasteiger partial charge is 0.414 e. The lowest BCUT2D eigenvalue weighted by Crippen LogP contribution is -2.26. The van der Waals surface area contributed by atoms with Crippen LogP contribution in [-0.4, -0.2) is 41.5 Å². The fourth-order valence-corrected chi connectivity index (χ4v) is 6.03. The number of hydrogen-bond acceptors (Lipinski definition) is 6. The number of nitrogens with zero attached hydrogens (tertiary/aromatic N) is 2. The largest absolute Gasteiger partial charge is 0.444 e. The molecule has 2 amide bonds. The van der Waals surface area contributed by atoms with Crippen molar-refractivity contribution in [2.75, 3.05) is 29.1 Å². The normalized spacial score (nSPS) is 20.5. The van der Waals surface area contributed by atoms with Crippen LogP contribution in [0.1, 0.15) is 30.9 Å². The van der Waals surface area contributed by atoms with Crippen LogP contribution in [0.15, 0.2) is 52.2 Å². The van der Waals surface area contributed by atoms with Crippen molar-refractivity contribution in [3.8, 4) is 0 Å². The van der Waals surface area contributed by atoms with E-state index in [-0.39, 0.29) is 35.5 Å². The highest BCUT2D eigenvalue weighted by molar-refractivity contribution is 8.00. The van der Waals surface area contributed by atoms with Gasteiger partial charge in [-0.3, -0.25) is 14.5 Å². The predicted octanol–water partition coefficient (Wildman–Crippen LogP) is 4.02. The summed E-state index contributed by atoms with van der Waals surface area (Å²) in [6, 6.07) is 11.8. The molecule has 10 heteroatoms. The molecule has 1 aromatic heterocycles. The first kappa shape index (κ1) is 23.1. The second-order valence-electron chi connectivity index (χ2n) is 9.32. The van der Waals surface area contributed by atoms with Gasteiger partial charge in [0.15, 0.2) is 0 Å². The summed E-state index contributed by atoms with van der Waals surface area (Å²) < 4.78 is 21.8. The van der Waals surface area contributed by atoms with Crippen LogP contribution in [0, 0.1) is 5.82 Å². The van der Waals surface area contributed by atoms with E-state index in [1.165, 1.54) is 23.9 Å². The van der Waals surface area contributed by atoms with E-state index in [4.69, 9.17) is 4.74 Å². The zero-order valence-electron chi connectivity index (χ0n) is 19.5. The fraction of sp³-hybridized carbons (Fsp3) is 0.346. The van der Waals surface area contributed by atoms with E-state index in [0.29, 0.717) is 42.2 Å². The first-order chi connectivity index (χ1) is 17.5. The molecule has 0 aliphatic carbocycles. The second-order valence-corrected chi connectivity index (χ2v) is 10.3. The highest BCUT2D eigenvalue weighted by Gasteiger charge is 2.33. The van der Waals surface area contributed by atoms with Gasteiger partial charge in [0.25, 0.3) is 5.56 Å². The molecule has 0 radical (unpaired) electrons. The number of cyclic esters (lactones) is 1. The summed E-state index contributed by atoms with van der Waals surface area (Å²) in [6.45, 7) is 1.54. The van der Waals surface area contributed by atoms with E-state index in [0.717, 1.165) is 35.2 Å². The molecule has 2 atom stereocenters. The molecule has 3 aromatic rings. The van der Waals surface area contributed by atoms with E-state index < -0.39 is 0 Å². The molecule has 2 aromatic carbocycles. The third-order valence-corrected chi connectivity index (χ3v) is 8.05. The lowest BCUT2D eigenvalue weighted by Gasteiger charge is -2.20. The molecular formula is C26H25FN4O4S. The number of rotatable bonds is 7. The molecule has 1 fully saturated rings. The number of halogens is 1. The first-order valence-corrected chi connectivity index (χ1v) is 13.1. The summed E-state index contributed by atoms with van der Waals surface area (Å²) in [5, 5.41) is 7.12. The number of carbonyl (C=O) groups excluding carboxylic acids is 2. The molecule has 2 N–H and O–H groups in total. The zero-order chi connectivity index (χ0) is 24.8. The summed E-state index contributed by atoms with van der Waals surface area (Å²) >= 11 is 1.48. The quantitative estimate of drug-likeness (QED) is 0.469. The van der Waals surface area contributed by atoms with Crippen molar-refractivity contribution < 1.29 is 18.7 Å². The Hall–Kier alpha value is -3.37. The van der Waals surface area contributed by atoms with Crippen LogP contribution < -0.4 is 21.1 Å². The number of amides is 2. The highest BCUT2D eigenvalue weighted by atomic mass is 32.2. The average Bonchev–Trinajstić information content (AvgIpc) is 3.44. The van der Waals surface area contributed by atoms with Gasteiger partial charge in [-0.1, -0.05) is 0 Å². The van der Waals surface area contributed by atoms with Crippen molar-refractivity contribution >= 4 is 46.0 Å². The van der Waals surface area contributed by atoms with Gasteiger partial charge in [0, 0.05) is 28.8 Å². The van der Waals surface area contributed by atoms with Crippen LogP contribution in [0.5, 0.6) is 0 Å². The van der Waals surface area contributed by atoms with Crippen LogP contribution in [0.2, 0.25) is 0 Å². The third kappa shape index (κ3) is 4.14. The average molecular weight is 509 g/mol. The first-order valence-electron chi connectivity index (χ1n) is 12.1. The van der Waals surface area contributed by atoms with Crippen molar-refractivity contribution in [1.29, 1.82) is 0 Å². The number of nitrogens with one attached hydrogen (secondary N) is 2. The summed E-state index contributed by atoms with van der Waals surface area (Å²) in [4.78, 5) is 39.0. The molecule has 8 nitrogen and oxygen atoms in total. The van der Waals surface area contributed by atoms with Gasteiger partial charge in [0.2, 0.25) is 5.91 Å². The third-order valence-electron chi connectivity index (χ3n) is 6.98. The van der Waals surface area contributed by atoms with Crippen LogP contribution in [0.4, 0.5) is 20.6 Å². The Balaban J connectivity index is 1.02. The van der Waals surface area contributed by atoms with E-state index in [1.807, 2.05) is 18.2 Å². The second kappa shape index (κ2) is 9.25. The topological polar surface area (TPSA) is 92.7 Å². The molecule has 1 saturated heterocycles. The number of benzene rings is 2. The standard InChI is InChI=1S/C26H25FN4O4S/c27-18-7-4-15-5-9-23(33)31-13-20(24(18)25(15)31)28-10-2-1-3-17-12-30(26(34)35-17)16-6-8-21-19(11-16)29-22(32)14-36-21/h4-9,11,17,20,28H,1-3,10,12-14H2,(H,29,32)/t17-,20+/m1/s1. The van der Waals surface area contributed by atoms with Gasteiger partial charge in [-0.2, -0.15) is 0 Å². The van der Waals surface area contributed by atoms with Crippen LogP contribution in [-0.2, 0) is 16.1 Å². The Labute approximate surface area is 210 Å². The van der Waals surface area contributed by atoms with Gasteiger partial charge in [-0.15, -0.1) is 11.8 Å². The lowest BCUT2D eigenvalue weighted by atomic mass is 10.1. The number of carbonyl (C=O) groups is 2. The van der Waals surface area contributed by atoms with Gasteiger partial charge in [-0.05, 0) is 67.6 Å². The van der Waals surface area contributed by atoms with E-state index >= 15 is 0 Å². The fourth-order valence-electron chi connectivity index (χ4n) is 5.25. The number of ether oxygens (including phenoxy) is 1. The molecule has 6 rings (SSSR count). The molecule has 0 spiro atoms. The maximum absolute atomic E-state index is 14.6. The van der Waals surface area contributed by atoms with Crippen LogP contribution in [0.3, 0.4) is 0 Å². The Kier molecular flexibility index (Phi) is 5.93. The number of aromatic nitrogens is 1. The minimum atomic E-state index is -0.384. The molecule has 186 valence electrons. The summed E-state index contributed by atoms with van der Waals surface area (Å²) in [6.07, 6.45) is 1.79. The van der Waals surface area contributed by atoms with Crippen molar-refractivity contribution in [2.45, 2.75) is 42.8 Å². The van der Waals surface area contributed by atoms with Gasteiger partial charge >= 0.3 is 6.09 Å². The minimum Gasteiger partial charge on any atom is -0.444 e. The Morgan fingerprint density at radius 2 is 1.94 bits per heavy atom. The molecule has 36 heavy (non-hydrogen) atoms. The van der Waals surface area contributed by atoms with Crippen LogP contribution in [0.25, 0.3) is 10.9 Å². The molecule has 0 saturated carbocycles. The van der Waals surface area contributed by atoms with E-state index in [1.54, 1.807) is 21.6 Å². The molecule has 3 aliphatic heterocycles. The van der Waals surface area contributed by atoms with Crippen molar-refractivity contribution in [1.82, 2.24) is 9.88 Å². The molecule has 3 aliphatic rings. The number of thioether (sulfide) groups is 1. The van der Waals surface area contributed by atoms with Crippen LogP contribution >= 0.6 is 11.8 Å². The molecule has 0 bridgehead atoms. The monoisotopic (exact) mass is 508 g/mol. The Morgan fingerprint density at radius 1 is 1.08 bits per heavy atom. The molecule has 4 heterocycles. The summed E-state index contributed by atoms with van der Waals surface area (Å²) in [5.74, 6) is 0.0505. The highest BCUT2D eigenvalue weighted by Crippen LogP contribution is 2.36. The number of unbranched alkanes of at least 4 members (excludes halogenated alkanes) is 1. The maximum Gasteiger partial charge on any atom is 0.414 e. The van der Waals surface area contributed by atoms with Crippen molar-refractivity contribution in [3.05, 3.63) is 64.2 Å². The SMILES string of the molecule is O=C1CSc2ccc(N3C[C@@H](CCCCN[C@H]4Cn5c(=O)ccc6ccc(F)c4c65)OC3=O)cc2N1. The molecular weight excluding hydrogens is 483 g/mol. The zero-order valence-corrected chi connectivity index (χ0v) is 20.3. The van der Waals surface area contributed by atoms with Crippen molar-refractivity contribution in [2.24, 2.45) is 0 Å². The number of anilines is 2. The number of pyridine rings is 1. The summed E-state index contributed by atoms with van der Waals surface area (Å²) in [7, 11) is 0. The van der Waals surface area contributed by atoms with Gasteiger partial charge in [0.1, 0.15) is 11.9 Å². The van der Waals surface area contributed by atoms with Gasteiger partial charge in [-0.25, -0.2) is 9.18 Å². The Morgan fingerprint density at radius 3 is 2.83 bits per heavy atom. The van der Waals surface area contributed by atoms with Crippen molar-refractivity contribution in [3.63, 3.8) is 0 Å². The van der Waals surface area contributed by atoms with E-state index in [2.05, 4.69) is 10.6 Å². The van der Waals surface area contributed by atoms with E-state index in [9.17, 15) is 18.8 Å². The van der Waals surface area contributed by atoms with Gasteiger partial charge in [0.05, 0.1) is 29.5 Å². The van der Waals surface area contributed by atoms with Gasteiger partial charge < -0.3 is 19.9 Å².